The number of nitrogens with one attached hydrogen (secondary N) is 1. The zero-order chi connectivity index (χ0) is 11.7. The van der Waals surface area contributed by atoms with Crippen LogP contribution in [0.25, 0.3) is 10.8 Å². The van der Waals surface area contributed by atoms with E-state index < -0.39 is 0 Å². The van der Waals surface area contributed by atoms with Crippen LogP contribution in [0.1, 0.15) is 0 Å². The maximum Gasteiger partial charge on any atom is 0.115 e. The minimum absolute atomic E-state index is 1.09. The number of aliphatic imine (C=N–C) groups is 1. The van der Waals surface area contributed by atoms with Crippen LogP contribution in [0.2, 0.25) is 0 Å². The predicted molar refractivity (Wildman–Crippen MR) is 74.9 cm³/mol. The summed E-state index contributed by atoms with van der Waals surface area (Å²) in [6.07, 6.45) is 5.28. The number of rotatable bonds is 1. The van der Waals surface area contributed by atoms with Crippen LogP contribution in [0.5, 0.6) is 0 Å². The van der Waals surface area contributed by atoms with Gasteiger partial charge in [-0.25, -0.2) is 10.0 Å². The average molecular weight is 288 g/mol. The number of nitrogens with zero attached hydrogens (tertiary/aromatic N) is 2. The van der Waals surface area contributed by atoms with Crippen LogP contribution < -0.4 is 10.4 Å². The molecule has 0 bridgehead atoms. The number of fused-ring (bicyclic) bond motifs is 1. The van der Waals surface area contributed by atoms with Gasteiger partial charge in [-0.1, -0.05) is 34.1 Å². The molecule has 0 saturated heterocycles. The summed E-state index contributed by atoms with van der Waals surface area (Å²) in [6.45, 7) is 0. The van der Waals surface area contributed by atoms with Crippen molar-refractivity contribution < 1.29 is 0 Å². The molecule has 3 nitrogen and oxygen atoms in total. The summed E-state index contributed by atoms with van der Waals surface area (Å²) in [5.41, 5.74) is 4.22. The molecular weight excluding hydrogens is 278 g/mol. The van der Waals surface area contributed by atoms with Gasteiger partial charge in [0, 0.05) is 22.3 Å². The van der Waals surface area contributed by atoms with Crippen LogP contribution in [-0.2, 0) is 0 Å². The first-order valence-corrected chi connectivity index (χ1v) is 6.06. The first-order valence-electron chi connectivity index (χ1n) is 5.26. The van der Waals surface area contributed by atoms with E-state index in [1.807, 2.05) is 17.1 Å². The highest BCUT2D eigenvalue weighted by molar-refractivity contribution is 9.10. The van der Waals surface area contributed by atoms with E-state index in [0.717, 1.165) is 10.2 Å². The number of hydrogen-bond donors (Lipinski definition) is 1. The van der Waals surface area contributed by atoms with Crippen molar-refractivity contribution in [2.75, 3.05) is 5.01 Å². The molecule has 1 aliphatic rings. The summed E-state index contributed by atoms with van der Waals surface area (Å²) < 4.78 is 1.09. The molecule has 1 N–H and O–H groups in total. The van der Waals surface area contributed by atoms with Crippen LogP contribution in [0.3, 0.4) is 0 Å². The molecule has 4 heteroatoms. The fourth-order valence-corrected chi connectivity index (χ4v) is 2.25. The second-order valence-corrected chi connectivity index (χ2v) is 4.64. The fraction of sp³-hybridized carbons (Fsp3) is 0. The molecule has 0 radical (unpaired) electrons. The third-order valence-corrected chi connectivity index (χ3v) is 3.13. The second kappa shape index (κ2) is 4.22. The molecule has 2 aromatic rings. The van der Waals surface area contributed by atoms with Crippen molar-refractivity contribution in [1.29, 1.82) is 0 Å². The Hall–Kier alpha value is -1.81. The minimum atomic E-state index is 1.09. The Morgan fingerprint density at radius 2 is 2.12 bits per heavy atom. The first-order chi connectivity index (χ1) is 8.34. The largest absolute Gasteiger partial charge is 0.299 e. The fourth-order valence-electron chi connectivity index (χ4n) is 1.87. The van der Waals surface area contributed by atoms with Gasteiger partial charge in [-0.3, -0.25) is 5.43 Å². The van der Waals surface area contributed by atoms with Crippen molar-refractivity contribution in [3.8, 4) is 0 Å². The lowest BCUT2D eigenvalue weighted by atomic mass is 10.1. The van der Waals surface area contributed by atoms with E-state index in [2.05, 4.69) is 50.6 Å². The molecule has 17 heavy (non-hydrogen) atoms. The summed E-state index contributed by atoms with van der Waals surface area (Å²) in [6, 6.07) is 12.5. The Balaban J connectivity index is 2.16. The molecule has 0 aromatic heterocycles. The highest BCUT2D eigenvalue weighted by Gasteiger charge is 2.08. The van der Waals surface area contributed by atoms with Crippen LogP contribution >= 0.6 is 15.9 Å². The molecule has 0 amide bonds. The highest BCUT2D eigenvalue weighted by atomic mass is 79.9. The van der Waals surface area contributed by atoms with Gasteiger partial charge in [0.2, 0.25) is 0 Å². The summed E-state index contributed by atoms with van der Waals surface area (Å²) in [5, 5.41) is 4.28. The number of hydrazine groups is 1. The smallest absolute Gasteiger partial charge is 0.115 e. The van der Waals surface area contributed by atoms with Crippen LogP contribution in [0.15, 0.2) is 58.3 Å². The van der Waals surface area contributed by atoms with Gasteiger partial charge in [-0.15, -0.1) is 0 Å². The summed E-state index contributed by atoms with van der Waals surface area (Å²) in [5.74, 6) is 0. The van der Waals surface area contributed by atoms with Crippen LogP contribution in [-0.4, -0.2) is 6.34 Å². The summed E-state index contributed by atoms with van der Waals surface area (Å²) in [4.78, 5) is 4.11. The minimum Gasteiger partial charge on any atom is -0.299 e. The topological polar surface area (TPSA) is 27.6 Å². The molecule has 1 heterocycles. The Bertz CT molecular complexity index is 619. The number of anilines is 1. The normalized spacial score (nSPS) is 14.1. The SMILES string of the molecule is Brc1ccc2c(N3C=NC=CN3)cccc2c1. The van der Waals surface area contributed by atoms with Gasteiger partial charge in [0.05, 0.1) is 5.69 Å². The third-order valence-electron chi connectivity index (χ3n) is 2.64. The van der Waals surface area contributed by atoms with Crippen molar-refractivity contribution in [3.05, 3.63) is 53.3 Å². The standard InChI is InChI=1S/C13H10BrN3/c14-11-4-5-12-10(8-11)2-1-3-13(12)17-9-15-6-7-16-17/h1-9,16H. The molecule has 0 fully saturated rings. The third kappa shape index (κ3) is 1.91. The van der Waals surface area contributed by atoms with Gasteiger partial charge < -0.3 is 0 Å². The predicted octanol–water partition coefficient (Wildman–Crippen LogP) is 3.43. The maximum absolute atomic E-state index is 4.11. The van der Waals surface area contributed by atoms with Crippen LogP contribution in [0, 0.1) is 0 Å². The zero-order valence-corrected chi connectivity index (χ0v) is 10.6. The Labute approximate surface area is 108 Å². The molecule has 84 valence electrons. The van der Waals surface area contributed by atoms with Gasteiger partial charge >= 0.3 is 0 Å². The molecule has 2 aromatic carbocycles. The quantitative estimate of drug-likeness (QED) is 0.870. The second-order valence-electron chi connectivity index (χ2n) is 3.72. The van der Waals surface area contributed by atoms with Crippen molar-refractivity contribution in [1.82, 2.24) is 5.43 Å². The van der Waals surface area contributed by atoms with Crippen molar-refractivity contribution in [3.63, 3.8) is 0 Å². The summed E-state index contributed by atoms with van der Waals surface area (Å²) in [7, 11) is 0. The molecule has 0 aliphatic carbocycles. The van der Waals surface area contributed by atoms with E-state index in [0.29, 0.717) is 0 Å². The number of hydrogen-bond acceptors (Lipinski definition) is 3. The van der Waals surface area contributed by atoms with Gasteiger partial charge in [0.15, 0.2) is 0 Å². The molecular formula is C13H10BrN3. The lowest BCUT2D eigenvalue weighted by Crippen LogP contribution is -2.34. The molecule has 3 rings (SSSR count). The van der Waals surface area contributed by atoms with E-state index in [9.17, 15) is 0 Å². The van der Waals surface area contributed by atoms with Gasteiger partial charge in [0.1, 0.15) is 6.34 Å². The first kappa shape index (κ1) is 10.4. The Kier molecular flexibility index (Phi) is 2.57. The van der Waals surface area contributed by atoms with Crippen molar-refractivity contribution >= 4 is 38.7 Å². The molecule has 0 spiro atoms. The van der Waals surface area contributed by atoms with E-state index in [-0.39, 0.29) is 0 Å². The zero-order valence-electron chi connectivity index (χ0n) is 8.97. The number of halogens is 1. The molecule has 0 unspecified atom stereocenters. The van der Waals surface area contributed by atoms with E-state index in [4.69, 9.17) is 0 Å². The van der Waals surface area contributed by atoms with Gasteiger partial charge in [-0.2, -0.15) is 0 Å². The Morgan fingerprint density at radius 3 is 2.94 bits per heavy atom. The van der Waals surface area contributed by atoms with E-state index in [1.54, 1.807) is 18.7 Å². The van der Waals surface area contributed by atoms with Crippen molar-refractivity contribution in [2.24, 2.45) is 4.99 Å². The number of benzene rings is 2. The van der Waals surface area contributed by atoms with Gasteiger partial charge in [0.25, 0.3) is 0 Å². The van der Waals surface area contributed by atoms with E-state index >= 15 is 0 Å². The maximum atomic E-state index is 4.11. The molecule has 0 atom stereocenters. The van der Waals surface area contributed by atoms with Gasteiger partial charge in [-0.05, 0) is 23.6 Å². The van der Waals surface area contributed by atoms with E-state index in [1.165, 1.54) is 10.8 Å². The molecule has 1 aliphatic heterocycles. The lowest BCUT2D eigenvalue weighted by molar-refractivity contribution is 0.913. The monoisotopic (exact) mass is 287 g/mol. The molecule has 0 saturated carbocycles. The average Bonchev–Trinajstić information content (AvgIpc) is 2.39. The lowest BCUT2D eigenvalue weighted by Gasteiger charge is -2.22. The van der Waals surface area contributed by atoms with Crippen LogP contribution in [0.4, 0.5) is 5.69 Å². The van der Waals surface area contributed by atoms with Crippen molar-refractivity contribution in [2.45, 2.75) is 0 Å². The highest BCUT2D eigenvalue weighted by Crippen LogP contribution is 2.28. The summed E-state index contributed by atoms with van der Waals surface area (Å²) >= 11 is 3.49. The Morgan fingerprint density at radius 1 is 1.18 bits per heavy atom.